The van der Waals surface area contributed by atoms with Crippen molar-refractivity contribution in [2.24, 2.45) is 7.05 Å². The van der Waals surface area contributed by atoms with Crippen LogP contribution in [0.5, 0.6) is 0 Å². The molecule has 0 fully saturated rings. The van der Waals surface area contributed by atoms with E-state index in [2.05, 4.69) is 31.0 Å². The average Bonchev–Trinajstić information content (AvgIpc) is 2.64. The molecule has 0 saturated heterocycles. The van der Waals surface area contributed by atoms with Crippen LogP contribution < -0.4 is 4.72 Å². The first kappa shape index (κ1) is 16.4. The van der Waals surface area contributed by atoms with Gasteiger partial charge in [0.2, 0.25) is 5.03 Å². The Morgan fingerprint density at radius 2 is 2.26 bits per heavy atom. The average molecular weight is 373 g/mol. The molecule has 0 amide bonds. The van der Waals surface area contributed by atoms with Gasteiger partial charge in [-0.15, -0.1) is 5.10 Å². The van der Waals surface area contributed by atoms with Crippen LogP contribution in [0.4, 0.5) is 0 Å². The topological polar surface area (TPSA) is 114 Å². The highest BCUT2D eigenvalue weighted by Crippen LogP contribution is 2.18. The lowest BCUT2D eigenvalue weighted by Crippen LogP contribution is -2.41. The third kappa shape index (κ3) is 4.16. The predicted octanol–water partition coefficient (Wildman–Crippen LogP) is 0.0622. The molecule has 8 nitrogen and oxygen atoms in total. The molecule has 1 heterocycles. The molecule has 0 saturated carbocycles. The molecule has 0 radical (unpaired) electrons. The van der Waals surface area contributed by atoms with Crippen LogP contribution in [0, 0.1) is 0 Å². The maximum absolute atomic E-state index is 12.1. The fourth-order valence-corrected chi connectivity index (χ4v) is 4.11. The standard InChI is InChI=1S/C8H13BrN4O4S2/c1-13-7(6(9)10-12-13)19(16,17)11-5(8(14)15)3-4-18-2/h5,11H,3-4H2,1-2H3,(H,14,15)/t5-/m0/s1. The molecular weight excluding hydrogens is 360 g/mol. The highest BCUT2D eigenvalue weighted by molar-refractivity contribution is 9.10. The molecule has 0 aliphatic rings. The van der Waals surface area contributed by atoms with Gasteiger partial charge in [-0.3, -0.25) is 4.79 Å². The monoisotopic (exact) mass is 372 g/mol. The minimum atomic E-state index is -4.00. The minimum Gasteiger partial charge on any atom is -0.480 e. The fraction of sp³-hybridized carbons (Fsp3) is 0.625. The van der Waals surface area contributed by atoms with E-state index in [4.69, 9.17) is 5.11 Å². The molecule has 0 spiro atoms. The van der Waals surface area contributed by atoms with E-state index in [1.165, 1.54) is 18.8 Å². The van der Waals surface area contributed by atoms with E-state index < -0.39 is 22.0 Å². The van der Waals surface area contributed by atoms with Gasteiger partial charge in [-0.05, 0) is 34.4 Å². The predicted molar refractivity (Wildman–Crippen MR) is 73.4 cm³/mol. The second-order valence-corrected chi connectivity index (χ2v) is 6.97. The van der Waals surface area contributed by atoms with Crippen LogP contribution in [0.3, 0.4) is 0 Å². The molecule has 1 aromatic heterocycles. The van der Waals surface area contributed by atoms with Crippen LogP contribution in [0.2, 0.25) is 0 Å². The number of aryl methyl sites for hydroxylation is 1. The molecule has 11 heteroatoms. The van der Waals surface area contributed by atoms with Crippen molar-refractivity contribution in [1.82, 2.24) is 19.7 Å². The first-order valence-electron chi connectivity index (χ1n) is 5.09. The number of hydrogen-bond acceptors (Lipinski definition) is 6. The molecule has 2 N–H and O–H groups in total. The zero-order valence-corrected chi connectivity index (χ0v) is 13.4. The van der Waals surface area contributed by atoms with Crippen LogP contribution in [0.1, 0.15) is 6.42 Å². The van der Waals surface area contributed by atoms with Gasteiger partial charge in [0.15, 0.2) is 4.60 Å². The summed E-state index contributed by atoms with van der Waals surface area (Å²) in [5, 5.41) is 15.9. The molecule has 108 valence electrons. The SMILES string of the molecule is CSCC[C@H](NS(=O)(=O)c1c(Br)nnn1C)C(=O)O. The second-order valence-electron chi connectivity index (χ2n) is 3.60. The Bertz CT molecular complexity index is 540. The number of thioether (sulfide) groups is 1. The normalized spacial score (nSPS) is 13.4. The van der Waals surface area contributed by atoms with Gasteiger partial charge in [-0.25, -0.2) is 13.1 Å². The zero-order valence-electron chi connectivity index (χ0n) is 10.2. The van der Waals surface area contributed by atoms with Gasteiger partial charge in [-0.1, -0.05) is 5.21 Å². The van der Waals surface area contributed by atoms with Gasteiger partial charge >= 0.3 is 5.97 Å². The van der Waals surface area contributed by atoms with Crippen molar-refractivity contribution >= 4 is 43.7 Å². The van der Waals surface area contributed by atoms with E-state index in [9.17, 15) is 13.2 Å². The third-order valence-corrected chi connectivity index (χ3v) is 5.20. The van der Waals surface area contributed by atoms with E-state index in [1.807, 2.05) is 6.26 Å². The highest BCUT2D eigenvalue weighted by atomic mass is 79.9. The number of rotatable bonds is 7. The summed E-state index contributed by atoms with van der Waals surface area (Å²) < 4.78 is 27.4. The van der Waals surface area contributed by atoms with Crippen molar-refractivity contribution in [2.45, 2.75) is 17.5 Å². The number of carboxylic acids is 1. The van der Waals surface area contributed by atoms with Crippen LogP contribution in [-0.4, -0.2) is 52.5 Å². The first-order chi connectivity index (χ1) is 8.79. The lowest BCUT2D eigenvalue weighted by Gasteiger charge is -2.14. The molecule has 19 heavy (non-hydrogen) atoms. The van der Waals surface area contributed by atoms with E-state index in [0.717, 1.165) is 4.68 Å². The Morgan fingerprint density at radius 1 is 1.63 bits per heavy atom. The quantitative estimate of drug-likeness (QED) is 0.695. The summed E-state index contributed by atoms with van der Waals surface area (Å²) >= 11 is 4.41. The fourth-order valence-electron chi connectivity index (χ4n) is 1.32. The van der Waals surface area contributed by atoms with Crippen LogP contribution in [-0.2, 0) is 21.9 Å². The molecule has 0 aliphatic heterocycles. The lowest BCUT2D eigenvalue weighted by atomic mass is 10.2. The number of aromatic nitrogens is 3. The zero-order chi connectivity index (χ0) is 14.6. The summed E-state index contributed by atoms with van der Waals surface area (Å²) in [7, 11) is -2.60. The number of nitrogens with one attached hydrogen (secondary N) is 1. The molecule has 0 aromatic carbocycles. The van der Waals surface area contributed by atoms with Gasteiger partial charge in [0.1, 0.15) is 6.04 Å². The van der Waals surface area contributed by atoms with Crippen molar-refractivity contribution in [3.63, 3.8) is 0 Å². The molecule has 0 unspecified atom stereocenters. The Labute approximate surface area is 123 Å². The summed E-state index contributed by atoms with van der Waals surface area (Å²) in [6.45, 7) is 0. The van der Waals surface area contributed by atoms with Crippen LogP contribution >= 0.6 is 27.7 Å². The smallest absolute Gasteiger partial charge is 0.321 e. The number of hydrogen-bond donors (Lipinski definition) is 2. The minimum absolute atomic E-state index is 0.0384. The number of halogens is 1. The molecule has 1 rings (SSSR count). The summed E-state index contributed by atoms with van der Waals surface area (Å²) in [6.07, 6.45) is 2.01. The molecule has 0 aliphatic carbocycles. The van der Waals surface area contributed by atoms with E-state index in [-0.39, 0.29) is 16.0 Å². The number of aliphatic carboxylic acids is 1. The van der Waals surface area contributed by atoms with Crippen molar-refractivity contribution in [2.75, 3.05) is 12.0 Å². The Hall–Kier alpha value is -0.650. The number of carbonyl (C=O) groups is 1. The van der Waals surface area contributed by atoms with Gasteiger partial charge < -0.3 is 5.11 Å². The Kier molecular flexibility index (Phi) is 5.77. The summed E-state index contributed by atoms with van der Waals surface area (Å²) in [6, 6.07) is -1.18. The van der Waals surface area contributed by atoms with Crippen molar-refractivity contribution in [1.29, 1.82) is 0 Å². The first-order valence-corrected chi connectivity index (χ1v) is 8.76. The van der Waals surface area contributed by atoms with Gasteiger partial charge in [-0.2, -0.15) is 16.5 Å². The lowest BCUT2D eigenvalue weighted by molar-refractivity contribution is -0.139. The number of carboxylic acid groups (broad SMARTS) is 1. The molecular formula is C8H13BrN4O4S2. The number of sulfonamides is 1. The molecule has 1 aromatic rings. The van der Waals surface area contributed by atoms with E-state index >= 15 is 0 Å². The van der Waals surface area contributed by atoms with Crippen molar-refractivity contribution < 1.29 is 18.3 Å². The maximum Gasteiger partial charge on any atom is 0.321 e. The largest absolute Gasteiger partial charge is 0.480 e. The van der Waals surface area contributed by atoms with E-state index in [1.54, 1.807) is 0 Å². The van der Waals surface area contributed by atoms with Gasteiger partial charge in [0.05, 0.1) is 0 Å². The van der Waals surface area contributed by atoms with Crippen molar-refractivity contribution in [3.05, 3.63) is 4.60 Å². The summed E-state index contributed by atoms with van der Waals surface area (Å²) in [5.74, 6) is -0.687. The number of nitrogens with zero attached hydrogens (tertiary/aromatic N) is 3. The highest BCUT2D eigenvalue weighted by Gasteiger charge is 2.29. The Morgan fingerprint density at radius 3 is 2.68 bits per heavy atom. The van der Waals surface area contributed by atoms with Crippen molar-refractivity contribution in [3.8, 4) is 0 Å². The second kappa shape index (κ2) is 6.68. The molecule has 0 bridgehead atoms. The third-order valence-electron chi connectivity index (χ3n) is 2.20. The summed E-state index contributed by atoms with van der Waals surface area (Å²) in [5.41, 5.74) is 0. The van der Waals surface area contributed by atoms with Crippen LogP contribution in [0.15, 0.2) is 9.63 Å². The Balaban J connectivity index is 2.98. The maximum atomic E-state index is 12.1. The van der Waals surface area contributed by atoms with E-state index in [0.29, 0.717) is 5.75 Å². The van der Waals surface area contributed by atoms with Gasteiger partial charge in [0, 0.05) is 7.05 Å². The summed E-state index contributed by atoms with van der Waals surface area (Å²) in [4.78, 5) is 11.0. The van der Waals surface area contributed by atoms with Crippen LogP contribution in [0.25, 0.3) is 0 Å². The molecule has 1 atom stereocenters. The van der Waals surface area contributed by atoms with Gasteiger partial charge in [0.25, 0.3) is 10.0 Å².